The molecule has 2 aliphatic rings. The van der Waals surface area contributed by atoms with E-state index in [4.69, 9.17) is 9.47 Å². The largest absolute Gasteiger partial charge is 0.465 e. The summed E-state index contributed by atoms with van der Waals surface area (Å²) < 4.78 is 10.3. The first-order valence-electron chi connectivity index (χ1n) is 6.84. The van der Waals surface area contributed by atoms with Crippen LogP contribution in [0.1, 0.15) is 46.5 Å². The molecule has 1 aromatic carbocycles. The Morgan fingerprint density at radius 1 is 1.40 bits per heavy atom. The highest BCUT2D eigenvalue weighted by atomic mass is 16.5. The summed E-state index contributed by atoms with van der Waals surface area (Å²) in [5.41, 5.74) is 5.17. The minimum atomic E-state index is -0.245. The van der Waals surface area contributed by atoms with E-state index in [-0.39, 0.29) is 17.4 Å². The zero-order valence-corrected chi connectivity index (χ0v) is 12.0. The second-order valence-corrected chi connectivity index (χ2v) is 6.19. The lowest BCUT2D eigenvalue weighted by atomic mass is 9.88. The lowest BCUT2D eigenvalue weighted by Gasteiger charge is -2.22. The standard InChI is InChI=1S/C16H18O4/c1-9-13-6-16(3,8-20-10(2)17)5-11(13)4-12-7-19-15(18)14(9)12/h4H,5-8H2,1-3H3/t16-/m1/s1. The van der Waals surface area contributed by atoms with Crippen molar-refractivity contribution in [1.82, 2.24) is 0 Å². The van der Waals surface area contributed by atoms with Crippen molar-refractivity contribution < 1.29 is 19.1 Å². The van der Waals surface area contributed by atoms with Crippen LogP contribution in [-0.4, -0.2) is 18.5 Å². The molecule has 0 saturated heterocycles. The molecule has 20 heavy (non-hydrogen) atoms. The zero-order valence-electron chi connectivity index (χ0n) is 12.0. The van der Waals surface area contributed by atoms with Gasteiger partial charge in [0.1, 0.15) is 6.61 Å². The maximum absolute atomic E-state index is 11.8. The highest BCUT2D eigenvalue weighted by Gasteiger charge is 2.38. The predicted molar refractivity (Wildman–Crippen MR) is 72.4 cm³/mol. The SMILES string of the molecule is CC(=O)OC[C@]1(C)Cc2cc3c(c(C)c2C1)C(=O)OC3. The van der Waals surface area contributed by atoms with Crippen molar-refractivity contribution in [2.45, 2.75) is 40.2 Å². The molecule has 106 valence electrons. The molecule has 0 unspecified atom stereocenters. The molecule has 0 fully saturated rings. The Labute approximate surface area is 118 Å². The van der Waals surface area contributed by atoms with E-state index < -0.39 is 0 Å². The first-order chi connectivity index (χ1) is 9.39. The third-order valence-electron chi connectivity index (χ3n) is 4.29. The molecular formula is C16H18O4. The minimum Gasteiger partial charge on any atom is -0.465 e. The van der Waals surface area contributed by atoms with Crippen molar-refractivity contribution in [3.63, 3.8) is 0 Å². The van der Waals surface area contributed by atoms with Crippen molar-refractivity contribution in [3.8, 4) is 0 Å². The first kappa shape index (κ1) is 13.2. The Morgan fingerprint density at radius 2 is 2.15 bits per heavy atom. The van der Waals surface area contributed by atoms with Crippen molar-refractivity contribution in [3.05, 3.63) is 33.9 Å². The summed E-state index contributed by atoms with van der Waals surface area (Å²) >= 11 is 0. The van der Waals surface area contributed by atoms with E-state index in [0.717, 1.165) is 29.5 Å². The number of rotatable bonds is 2. The van der Waals surface area contributed by atoms with Gasteiger partial charge in [0, 0.05) is 17.9 Å². The molecule has 1 aliphatic carbocycles. The average molecular weight is 274 g/mol. The molecule has 0 amide bonds. The number of hydrogen-bond donors (Lipinski definition) is 0. The molecule has 1 aromatic rings. The van der Waals surface area contributed by atoms with E-state index in [1.807, 2.05) is 6.92 Å². The normalized spacial score (nSPS) is 23.2. The average Bonchev–Trinajstić information content (AvgIpc) is 2.89. The molecule has 0 spiro atoms. The molecular weight excluding hydrogens is 256 g/mol. The van der Waals surface area contributed by atoms with E-state index >= 15 is 0 Å². The smallest absolute Gasteiger partial charge is 0.339 e. The van der Waals surface area contributed by atoms with Gasteiger partial charge < -0.3 is 9.47 Å². The van der Waals surface area contributed by atoms with Crippen LogP contribution in [0.25, 0.3) is 0 Å². The quantitative estimate of drug-likeness (QED) is 0.777. The summed E-state index contributed by atoms with van der Waals surface area (Å²) in [4.78, 5) is 22.8. The molecule has 4 heteroatoms. The number of cyclic esters (lactones) is 1. The van der Waals surface area contributed by atoms with Gasteiger partial charge in [-0.3, -0.25) is 4.79 Å². The number of ether oxygens (including phenoxy) is 2. The number of fused-ring (bicyclic) bond motifs is 2. The fourth-order valence-corrected chi connectivity index (χ4v) is 3.35. The molecule has 1 atom stereocenters. The second-order valence-electron chi connectivity index (χ2n) is 6.19. The molecule has 0 saturated carbocycles. The second kappa shape index (κ2) is 4.33. The van der Waals surface area contributed by atoms with Crippen LogP contribution in [0.5, 0.6) is 0 Å². The van der Waals surface area contributed by atoms with E-state index in [2.05, 4.69) is 13.0 Å². The summed E-state index contributed by atoms with van der Waals surface area (Å²) in [7, 11) is 0. The van der Waals surface area contributed by atoms with Crippen molar-refractivity contribution in [2.24, 2.45) is 5.41 Å². The molecule has 1 aliphatic heterocycles. The van der Waals surface area contributed by atoms with Gasteiger partial charge in [-0.15, -0.1) is 0 Å². The van der Waals surface area contributed by atoms with E-state index in [0.29, 0.717) is 13.2 Å². The van der Waals surface area contributed by atoms with Gasteiger partial charge in [-0.1, -0.05) is 13.0 Å². The third kappa shape index (κ3) is 1.99. The van der Waals surface area contributed by atoms with Crippen molar-refractivity contribution in [2.75, 3.05) is 6.61 Å². The molecule has 0 aromatic heterocycles. The lowest BCUT2D eigenvalue weighted by molar-refractivity contribution is -0.144. The number of esters is 2. The molecule has 0 radical (unpaired) electrons. The predicted octanol–water partition coefficient (Wildman–Crippen LogP) is 2.33. The topological polar surface area (TPSA) is 52.6 Å². The maximum Gasteiger partial charge on any atom is 0.339 e. The van der Waals surface area contributed by atoms with Crippen LogP contribution in [0.15, 0.2) is 6.07 Å². The Balaban J connectivity index is 1.93. The summed E-state index contributed by atoms with van der Waals surface area (Å²) in [5.74, 6) is -0.459. The van der Waals surface area contributed by atoms with Crippen LogP contribution in [0, 0.1) is 12.3 Å². The Bertz CT molecular complexity index is 617. The highest BCUT2D eigenvalue weighted by Crippen LogP contribution is 2.41. The molecule has 4 nitrogen and oxygen atoms in total. The van der Waals surface area contributed by atoms with Gasteiger partial charge in [0.05, 0.1) is 12.2 Å². The van der Waals surface area contributed by atoms with E-state index in [1.54, 1.807) is 0 Å². The lowest BCUT2D eigenvalue weighted by Crippen LogP contribution is -2.25. The Hall–Kier alpha value is -1.84. The Morgan fingerprint density at radius 3 is 2.85 bits per heavy atom. The van der Waals surface area contributed by atoms with Gasteiger partial charge in [-0.25, -0.2) is 4.79 Å². The van der Waals surface area contributed by atoms with Gasteiger partial charge in [0.25, 0.3) is 0 Å². The van der Waals surface area contributed by atoms with Gasteiger partial charge in [0.2, 0.25) is 0 Å². The van der Waals surface area contributed by atoms with E-state index in [1.165, 1.54) is 18.1 Å². The zero-order chi connectivity index (χ0) is 14.5. The van der Waals surface area contributed by atoms with Crippen LogP contribution in [0.2, 0.25) is 0 Å². The highest BCUT2D eigenvalue weighted by molar-refractivity contribution is 5.95. The van der Waals surface area contributed by atoms with Gasteiger partial charge >= 0.3 is 11.9 Å². The minimum absolute atomic E-state index is 0.0717. The summed E-state index contributed by atoms with van der Waals surface area (Å²) in [6.45, 7) is 6.34. The van der Waals surface area contributed by atoms with Crippen LogP contribution in [0.3, 0.4) is 0 Å². The molecule has 3 rings (SSSR count). The fourth-order valence-electron chi connectivity index (χ4n) is 3.35. The van der Waals surface area contributed by atoms with Crippen LogP contribution < -0.4 is 0 Å². The summed E-state index contributed by atoms with van der Waals surface area (Å²) in [6.07, 6.45) is 1.71. The monoisotopic (exact) mass is 274 g/mol. The van der Waals surface area contributed by atoms with Gasteiger partial charge in [-0.2, -0.15) is 0 Å². The van der Waals surface area contributed by atoms with Crippen molar-refractivity contribution >= 4 is 11.9 Å². The maximum atomic E-state index is 11.8. The van der Waals surface area contributed by atoms with Gasteiger partial charge in [0.15, 0.2) is 0 Å². The summed E-state index contributed by atoms with van der Waals surface area (Å²) in [6, 6.07) is 2.08. The summed E-state index contributed by atoms with van der Waals surface area (Å²) in [5, 5.41) is 0. The first-order valence-corrected chi connectivity index (χ1v) is 6.84. The van der Waals surface area contributed by atoms with Crippen LogP contribution in [0.4, 0.5) is 0 Å². The van der Waals surface area contributed by atoms with E-state index in [9.17, 15) is 9.59 Å². The number of hydrogen-bond acceptors (Lipinski definition) is 4. The van der Waals surface area contributed by atoms with Gasteiger partial charge in [-0.05, 0) is 36.5 Å². The molecule has 0 bridgehead atoms. The van der Waals surface area contributed by atoms with Crippen LogP contribution in [-0.2, 0) is 33.7 Å². The Kier molecular flexibility index (Phi) is 2.85. The number of carbonyl (C=O) groups is 2. The number of benzene rings is 1. The molecule has 1 heterocycles. The fraction of sp³-hybridized carbons (Fsp3) is 0.500. The van der Waals surface area contributed by atoms with Crippen LogP contribution >= 0.6 is 0 Å². The third-order valence-corrected chi connectivity index (χ3v) is 4.29. The molecule has 0 N–H and O–H groups in total. The number of carbonyl (C=O) groups excluding carboxylic acids is 2. The van der Waals surface area contributed by atoms with Crippen molar-refractivity contribution in [1.29, 1.82) is 0 Å².